The lowest BCUT2D eigenvalue weighted by Gasteiger charge is -2.08. The van der Waals surface area contributed by atoms with Crippen molar-refractivity contribution in [2.24, 2.45) is 0 Å². The molecule has 0 aliphatic carbocycles. The predicted molar refractivity (Wildman–Crippen MR) is 67.0 cm³/mol. The van der Waals surface area contributed by atoms with Gasteiger partial charge in [-0.15, -0.1) is 0 Å². The summed E-state index contributed by atoms with van der Waals surface area (Å²) >= 11 is 0. The Hall–Kier alpha value is -0.610. The maximum atomic E-state index is 11.2. The van der Waals surface area contributed by atoms with Gasteiger partial charge < -0.3 is 14.2 Å². The molecule has 0 rings (SSSR count). The summed E-state index contributed by atoms with van der Waals surface area (Å²) in [6.45, 7) is 8.00. The minimum atomic E-state index is -0.125. The summed E-state index contributed by atoms with van der Waals surface area (Å²) in [6, 6.07) is 0. The van der Waals surface area contributed by atoms with Gasteiger partial charge in [0.1, 0.15) is 6.61 Å². The van der Waals surface area contributed by atoms with Gasteiger partial charge in [0.15, 0.2) is 0 Å². The number of esters is 1. The molecule has 0 heterocycles. The smallest absolute Gasteiger partial charge is 0.305 e. The van der Waals surface area contributed by atoms with E-state index in [9.17, 15) is 4.79 Å². The zero-order chi connectivity index (χ0) is 12.9. The first-order valence-corrected chi connectivity index (χ1v) is 6.51. The van der Waals surface area contributed by atoms with Crippen LogP contribution in [0.4, 0.5) is 0 Å². The van der Waals surface area contributed by atoms with E-state index in [1.165, 1.54) is 0 Å². The van der Waals surface area contributed by atoms with Crippen molar-refractivity contribution in [2.75, 3.05) is 26.4 Å². The molecule has 0 atom stereocenters. The number of carbonyl (C=O) groups is 1. The average Bonchev–Trinajstić information content (AvgIpc) is 2.28. The molecule has 0 saturated carbocycles. The van der Waals surface area contributed by atoms with Crippen LogP contribution in [0.5, 0.6) is 0 Å². The third kappa shape index (κ3) is 13.3. The van der Waals surface area contributed by atoms with E-state index in [2.05, 4.69) is 6.92 Å². The van der Waals surface area contributed by atoms with Crippen LogP contribution in [-0.2, 0) is 19.0 Å². The topological polar surface area (TPSA) is 44.8 Å². The zero-order valence-electron chi connectivity index (χ0n) is 11.4. The van der Waals surface area contributed by atoms with E-state index in [1.54, 1.807) is 0 Å². The molecule has 0 bridgehead atoms. The van der Waals surface area contributed by atoms with Gasteiger partial charge in [0, 0.05) is 6.42 Å². The SMILES string of the molecule is CCCCCC(=O)OCCOCCOC(C)C. The Labute approximate surface area is 105 Å². The van der Waals surface area contributed by atoms with Gasteiger partial charge in [0.05, 0.1) is 25.9 Å². The molecule has 0 saturated heterocycles. The molecule has 17 heavy (non-hydrogen) atoms. The highest BCUT2D eigenvalue weighted by atomic mass is 16.6. The molecule has 4 heteroatoms. The normalized spacial score (nSPS) is 10.8. The monoisotopic (exact) mass is 246 g/mol. The summed E-state index contributed by atoms with van der Waals surface area (Å²) in [7, 11) is 0. The molecule has 0 aliphatic rings. The first-order valence-electron chi connectivity index (χ1n) is 6.51. The van der Waals surface area contributed by atoms with Crippen molar-refractivity contribution in [3.8, 4) is 0 Å². The fraction of sp³-hybridized carbons (Fsp3) is 0.923. The van der Waals surface area contributed by atoms with Crippen molar-refractivity contribution in [3.05, 3.63) is 0 Å². The minimum Gasteiger partial charge on any atom is -0.463 e. The van der Waals surface area contributed by atoms with Crippen molar-refractivity contribution in [1.82, 2.24) is 0 Å². The number of hydrogen-bond donors (Lipinski definition) is 0. The fourth-order valence-electron chi connectivity index (χ4n) is 1.25. The summed E-state index contributed by atoms with van der Waals surface area (Å²) in [5.74, 6) is -0.125. The van der Waals surface area contributed by atoms with E-state index in [4.69, 9.17) is 14.2 Å². The molecule has 0 amide bonds. The summed E-state index contributed by atoms with van der Waals surface area (Å²) in [6.07, 6.45) is 3.86. The van der Waals surface area contributed by atoms with E-state index in [1.807, 2.05) is 13.8 Å². The second-order valence-electron chi connectivity index (χ2n) is 4.21. The van der Waals surface area contributed by atoms with Crippen molar-refractivity contribution >= 4 is 5.97 Å². The van der Waals surface area contributed by atoms with Crippen molar-refractivity contribution < 1.29 is 19.0 Å². The highest BCUT2D eigenvalue weighted by molar-refractivity contribution is 5.69. The van der Waals surface area contributed by atoms with Gasteiger partial charge in [0.2, 0.25) is 0 Å². The third-order valence-electron chi connectivity index (χ3n) is 2.15. The summed E-state index contributed by atoms with van der Waals surface area (Å²) in [4.78, 5) is 11.2. The Balaban J connectivity index is 3.14. The van der Waals surface area contributed by atoms with E-state index in [0.29, 0.717) is 32.8 Å². The largest absolute Gasteiger partial charge is 0.463 e. The maximum Gasteiger partial charge on any atom is 0.305 e. The molecule has 0 spiro atoms. The van der Waals surface area contributed by atoms with Gasteiger partial charge >= 0.3 is 5.97 Å². The first-order chi connectivity index (χ1) is 8.16. The Morgan fingerprint density at radius 3 is 2.41 bits per heavy atom. The fourth-order valence-corrected chi connectivity index (χ4v) is 1.25. The van der Waals surface area contributed by atoms with Crippen LogP contribution < -0.4 is 0 Å². The Kier molecular flexibility index (Phi) is 11.4. The highest BCUT2D eigenvalue weighted by Crippen LogP contribution is 2.00. The standard InChI is InChI=1S/C13H26O4/c1-4-5-6-7-13(14)17-11-9-15-8-10-16-12(2)3/h12H,4-11H2,1-3H3. The molecular formula is C13H26O4. The van der Waals surface area contributed by atoms with Gasteiger partial charge in [-0.2, -0.15) is 0 Å². The van der Waals surface area contributed by atoms with Crippen LogP contribution in [0.2, 0.25) is 0 Å². The zero-order valence-corrected chi connectivity index (χ0v) is 11.4. The Morgan fingerprint density at radius 1 is 1.06 bits per heavy atom. The van der Waals surface area contributed by atoms with Crippen LogP contribution in [0, 0.1) is 0 Å². The lowest BCUT2D eigenvalue weighted by molar-refractivity contribution is -0.145. The number of hydrogen-bond acceptors (Lipinski definition) is 4. The Morgan fingerprint density at radius 2 is 1.76 bits per heavy atom. The van der Waals surface area contributed by atoms with Crippen LogP contribution in [0.3, 0.4) is 0 Å². The average molecular weight is 246 g/mol. The Bertz CT molecular complexity index is 180. The molecule has 0 unspecified atom stereocenters. The quantitative estimate of drug-likeness (QED) is 0.415. The highest BCUT2D eigenvalue weighted by Gasteiger charge is 2.01. The predicted octanol–water partition coefficient (Wildman–Crippen LogP) is 2.55. The molecular weight excluding hydrogens is 220 g/mol. The first kappa shape index (κ1) is 16.4. The number of unbranched alkanes of at least 4 members (excludes halogenated alkanes) is 2. The summed E-state index contributed by atoms with van der Waals surface area (Å²) < 4.78 is 15.6. The molecule has 0 fully saturated rings. The van der Waals surface area contributed by atoms with Gasteiger partial charge in [-0.3, -0.25) is 4.79 Å². The van der Waals surface area contributed by atoms with Crippen LogP contribution in [-0.4, -0.2) is 38.5 Å². The van der Waals surface area contributed by atoms with E-state index in [0.717, 1.165) is 19.3 Å². The molecule has 0 radical (unpaired) electrons. The minimum absolute atomic E-state index is 0.125. The van der Waals surface area contributed by atoms with Crippen LogP contribution in [0.1, 0.15) is 46.5 Å². The second-order valence-corrected chi connectivity index (χ2v) is 4.21. The van der Waals surface area contributed by atoms with Crippen LogP contribution in [0.25, 0.3) is 0 Å². The van der Waals surface area contributed by atoms with Crippen LogP contribution >= 0.6 is 0 Å². The number of ether oxygens (including phenoxy) is 3. The van der Waals surface area contributed by atoms with Gasteiger partial charge in [0.25, 0.3) is 0 Å². The molecule has 0 aromatic carbocycles. The van der Waals surface area contributed by atoms with Crippen molar-refractivity contribution in [1.29, 1.82) is 0 Å². The van der Waals surface area contributed by atoms with E-state index >= 15 is 0 Å². The van der Waals surface area contributed by atoms with Gasteiger partial charge in [-0.25, -0.2) is 0 Å². The maximum absolute atomic E-state index is 11.2. The molecule has 0 aromatic heterocycles. The third-order valence-corrected chi connectivity index (χ3v) is 2.15. The van der Waals surface area contributed by atoms with Crippen LogP contribution in [0.15, 0.2) is 0 Å². The molecule has 0 N–H and O–H groups in total. The van der Waals surface area contributed by atoms with Gasteiger partial charge in [-0.1, -0.05) is 19.8 Å². The van der Waals surface area contributed by atoms with Crippen molar-refractivity contribution in [3.63, 3.8) is 0 Å². The second kappa shape index (κ2) is 11.9. The molecule has 4 nitrogen and oxygen atoms in total. The number of carbonyl (C=O) groups excluding carboxylic acids is 1. The lowest BCUT2D eigenvalue weighted by Crippen LogP contribution is -2.14. The van der Waals surface area contributed by atoms with Crippen molar-refractivity contribution in [2.45, 2.75) is 52.6 Å². The van der Waals surface area contributed by atoms with E-state index < -0.39 is 0 Å². The van der Waals surface area contributed by atoms with Gasteiger partial charge in [-0.05, 0) is 20.3 Å². The van der Waals surface area contributed by atoms with E-state index in [-0.39, 0.29) is 12.1 Å². The molecule has 0 aliphatic heterocycles. The lowest BCUT2D eigenvalue weighted by atomic mass is 10.2. The molecule has 0 aromatic rings. The summed E-state index contributed by atoms with van der Waals surface area (Å²) in [5, 5.41) is 0. The summed E-state index contributed by atoms with van der Waals surface area (Å²) in [5.41, 5.74) is 0. The number of rotatable bonds is 11. The molecule has 102 valence electrons.